The number of halogens is 1. The van der Waals surface area contributed by atoms with Crippen molar-refractivity contribution in [1.82, 2.24) is 0 Å². The SMILES string of the molecule is C=CC1Nc2c(F)cccc2S1. The van der Waals surface area contributed by atoms with Crippen LogP contribution in [0.4, 0.5) is 10.1 Å². The van der Waals surface area contributed by atoms with Gasteiger partial charge in [0.1, 0.15) is 5.82 Å². The van der Waals surface area contributed by atoms with Gasteiger partial charge in [-0.25, -0.2) is 4.39 Å². The van der Waals surface area contributed by atoms with E-state index in [0.717, 1.165) is 4.90 Å². The van der Waals surface area contributed by atoms with E-state index in [4.69, 9.17) is 0 Å². The molecule has 0 spiro atoms. The topological polar surface area (TPSA) is 12.0 Å². The van der Waals surface area contributed by atoms with Crippen LogP contribution in [-0.4, -0.2) is 5.37 Å². The minimum Gasteiger partial charge on any atom is -0.366 e. The lowest BCUT2D eigenvalue weighted by Crippen LogP contribution is -2.05. The molecule has 3 heteroatoms. The highest BCUT2D eigenvalue weighted by atomic mass is 32.2. The van der Waals surface area contributed by atoms with Gasteiger partial charge in [0.25, 0.3) is 0 Å². The molecule has 2 rings (SSSR count). The first-order valence-corrected chi connectivity index (χ1v) is 4.53. The number of thioether (sulfide) groups is 1. The van der Waals surface area contributed by atoms with Crippen molar-refractivity contribution >= 4 is 17.4 Å². The minimum atomic E-state index is -0.190. The molecule has 0 aliphatic carbocycles. The number of benzene rings is 1. The Balaban J connectivity index is 2.41. The quantitative estimate of drug-likeness (QED) is 0.668. The van der Waals surface area contributed by atoms with Gasteiger partial charge in [-0.15, -0.1) is 6.58 Å². The Morgan fingerprint density at radius 3 is 3.08 bits per heavy atom. The van der Waals surface area contributed by atoms with Crippen LogP contribution < -0.4 is 5.32 Å². The third kappa shape index (κ3) is 1.10. The number of hydrogen-bond donors (Lipinski definition) is 1. The van der Waals surface area contributed by atoms with Crippen LogP contribution in [0.15, 0.2) is 35.7 Å². The molecule has 1 aliphatic heterocycles. The van der Waals surface area contributed by atoms with Crippen LogP contribution in [0.1, 0.15) is 0 Å². The third-order valence-electron chi connectivity index (χ3n) is 1.73. The summed E-state index contributed by atoms with van der Waals surface area (Å²) in [5.41, 5.74) is 0.604. The molecule has 0 saturated heterocycles. The fraction of sp³-hybridized carbons (Fsp3) is 0.111. The second-order valence-corrected chi connectivity index (χ2v) is 3.71. The zero-order valence-electron chi connectivity index (χ0n) is 6.38. The molecule has 0 amide bonds. The van der Waals surface area contributed by atoms with E-state index in [2.05, 4.69) is 11.9 Å². The number of fused-ring (bicyclic) bond motifs is 1. The molecule has 1 atom stereocenters. The summed E-state index contributed by atoms with van der Waals surface area (Å²) in [7, 11) is 0. The highest BCUT2D eigenvalue weighted by Crippen LogP contribution is 2.39. The van der Waals surface area contributed by atoms with Gasteiger partial charge in [0, 0.05) is 4.90 Å². The fourth-order valence-electron chi connectivity index (χ4n) is 1.16. The predicted octanol–water partition coefficient (Wildman–Crippen LogP) is 2.86. The summed E-state index contributed by atoms with van der Waals surface area (Å²) in [6, 6.07) is 5.08. The van der Waals surface area contributed by atoms with Crippen LogP contribution in [0, 0.1) is 5.82 Å². The van der Waals surface area contributed by atoms with E-state index in [1.54, 1.807) is 23.9 Å². The van der Waals surface area contributed by atoms with E-state index in [1.165, 1.54) is 6.07 Å². The van der Waals surface area contributed by atoms with Crippen LogP contribution in [0.5, 0.6) is 0 Å². The van der Waals surface area contributed by atoms with Gasteiger partial charge in [-0.05, 0) is 12.1 Å². The second-order valence-electron chi connectivity index (χ2n) is 2.53. The van der Waals surface area contributed by atoms with Gasteiger partial charge in [-0.3, -0.25) is 0 Å². The highest BCUT2D eigenvalue weighted by molar-refractivity contribution is 8.00. The van der Waals surface area contributed by atoms with E-state index >= 15 is 0 Å². The van der Waals surface area contributed by atoms with Crippen molar-refractivity contribution in [2.75, 3.05) is 5.32 Å². The van der Waals surface area contributed by atoms with Crippen molar-refractivity contribution in [2.45, 2.75) is 10.3 Å². The molecule has 1 N–H and O–H groups in total. The van der Waals surface area contributed by atoms with Crippen LogP contribution in [0.25, 0.3) is 0 Å². The standard InChI is InChI=1S/C9H8FNS/c1-2-8-11-9-6(10)4-3-5-7(9)12-8/h2-5,8,11H,1H2. The smallest absolute Gasteiger partial charge is 0.147 e. The molecular weight excluding hydrogens is 173 g/mol. The summed E-state index contributed by atoms with van der Waals surface area (Å²) in [6.45, 7) is 3.65. The van der Waals surface area contributed by atoms with Crippen molar-refractivity contribution in [3.8, 4) is 0 Å². The van der Waals surface area contributed by atoms with Gasteiger partial charge >= 0.3 is 0 Å². The molecule has 1 aromatic rings. The Bertz CT molecular complexity index is 324. The fourth-order valence-corrected chi connectivity index (χ4v) is 2.14. The largest absolute Gasteiger partial charge is 0.366 e. The molecule has 0 bridgehead atoms. The molecule has 1 aromatic carbocycles. The predicted molar refractivity (Wildman–Crippen MR) is 49.9 cm³/mol. The molecule has 0 saturated carbocycles. The molecular formula is C9H8FNS. The summed E-state index contributed by atoms with van der Waals surface area (Å²) in [4.78, 5) is 0.958. The average molecular weight is 181 g/mol. The van der Waals surface area contributed by atoms with Crippen LogP contribution in [0.2, 0.25) is 0 Å². The maximum absolute atomic E-state index is 13.1. The van der Waals surface area contributed by atoms with Crippen molar-refractivity contribution in [1.29, 1.82) is 0 Å². The lowest BCUT2D eigenvalue weighted by atomic mass is 10.3. The van der Waals surface area contributed by atoms with Crippen LogP contribution in [0.3, 0.4) is 0 Å². The molecule has 62 valence electrons. The van der Waals surface area contributed by atoms with Gasteiger partial charge in [0.15, 0.2) is 0 Å². The lowest BCUT2D eigenvalue weighted by molar-refractivity contribution is 0.628. The van der Waals surface area contributed by atoms with Crippen molar-refractivity contribution in [3.63, 3.8) is 0 Å². The summed E-state index contributed by atoms with van der Waals surface area (Å²) in [6.07, 6.45) is 1.77. The second kappa shape index (κ2) is 2.83. The van der Waals surface area contributed by atoms with Gasteiger partial charge in [0.05, 0.1) is 11.1 Å². The van der Waals surface area contributed by atoms with E-state index in [-0.39, 0.29) is 11.2 Å². The summed E-state index contributed by atoms with van der Waals surface area (Å²) in [5.74, 6) is -0.190. The molecule has 1 nitrogen and oxygen atoms in total. The monoisotopic (exact) mass is 181 g/mol. The highest BCUT2D eigenvalue weighted by Gasteiger charge is 2.20. The summed E-state index contributed by atoms with van der Waals surface area (Å²) in [5, 5.41) is 3.13. The van der Waals surface area contributed by atoms with E-state index in [1.807, 2.05) is 6.07 Å². The van der Waals surface area contributed by atoms with Crippen molar-refractivity contribution in [2.24, 2.45) is 0 Å². The zero-order chi connectivity index (χ0) is 8.55. The number of anilines is 1. The Labute approximate surface area is 74.7 Å². The van der Waals surface area contributed by atoms with Gasteiger partial charge in [-0.1, -0.05) is 23.9 Å². The first kappa shape index (κ1) is 7.68. The Morgan fingerprint density at radius 1 is 1.58 bits per heavy atom. The number of nitrogens with one attached hydrogen (secondary N) is 1. The van der Waals surface area contributed by atoms with Gasteiger partial charge in [-0.2, -0.15) is 0 Å². The maximum atomic E-state index is 13.1. The number of para-hydroxylation sites is 1. The van der Waals surface area contributed by atoms with Gasteiger partial charge < -0.3 is 5.32 Å². The van der Waals surface area contributed by atoms with E-state index < -0.39 is 0 Å². The minimum absolute atomic E-state index is 0.108. The molecule has 1 heterocycles. The maximum Gasteiger partial charge on any atom is 0.147 e. The summed E-state index contributed by atoms with van der Waals surface area (Å²) < 4.78 is 13.1. The Kier molecular flexibility index (Phi) is 1.81. The van der Waals surface area contributed by atoms with E-state index in [9.17, 15) is 4.39 Å². The third-order valence-corrected chi connectivity index (χ3v) is 2.89. The number of rotatable bonds is 1. The molecule has 0 aromatic heterocycles. The zero-order valence-corrected chi connectivity index (χ0v) is 7.20. The molecule has 12 heavy (non-hydrogen) atoms. The molecule has 0 fully saturated rings. The average Bonchev–Trinajstić information content (AvgIpc) is 2.49. The van der Waals surface area contributed by atoms with Crippen molar-refractivity contribution < 1.29 is 4.39 Å². The first-order valence-electron chi connectivity index (χ1n) is 3.65. The lowest BCUT2D eigenvalue weighted by Gasteiger charge is -2.02. The normalized spacial score (nSPS) is 19.9. The van der Waals surface area contributed by atoms with Crippen LogP contribution >= 0.6 is 11.8 Å². The summed E-state index contributed by atoms with van der Waals surface area (Å²) >= 11 is 1.58. The number of hydrogen-bond acceptors (Lipinski definition) is 2. The van der Waals surface area contributed by atoms with Crippen LogP contribution in [-0.2, 0) is 0 Å². The van der Waals surface area contributed by atoms with Crippen molar-refractivity contribution in [3.05, 3.63) is 36.7 Å². The Morgan fingerprint density at radius 2 is 2.42 bits per heavy atom. The van der Waals surface area contributed by atoms with E-state index in [0.29, 0.717) is 5.69 Å². The first-order chi connectivity index (χ1) is 5.81. The van der Waals surface area contributed by atoms with Gasteiger partial charge in [0.2, 0.25) is 0 Å². The Hall–Kier alpha value is -0.960. The molecule has 1 aliphatic rings. The molecule has 1 unspecified atom stereocenters. The molecule has 0 radical (unpaired) electrons.